The molecule has 3 aliphatic rings. The molecule has 4 rings (SSSR count). The molecule has 8 nitrogen and oxygen atoms in total. The van der Waals surface area contributed by atoms with Gasteiger partial charge in [-0.1, -0.05) is 46.8 Å². The Kier molecular flexibility index (Phi) is 5.61. The molecular weight excluding hydrogens is 464 g/mol. The van der Waals surface area contributed by atoms with Gasteiger partial charge in [0, 0.05) is 22.7 Å². The molecule has 0 aromatic heterocycles. The summed E-state index contributed by atoms with van der Waals surface area (Å²) >= 11 is 0. The number of aromatic hydroxyl groups is 1. The summed E-state index contributed by atoms with van der Waals surface area (Å²) in [7, 11) is 0. The van der Waals surface area contributed by atoms with Crippen LogP contribution in [0, 0.1) is 40.4 Å². The molecule has 8 heteroatoms. The van der Waals surface area contributed by atoms with Gasteiger partial charge in [-0.3, -0.25) is 28.8 Å². The van der Waals surface area contributed by atoms with Crippen molar-refractivity contribution < 1.29 is 39.0 Å². The molecule has 1 aromatic carbocycles. The highest BCUT2D eigenvalue weighted by Crippen LogP contribution is 2.69. The number of carbonyl (C=O) groups excluding carboxylic acids is 6. The molecule has 2 saturated carbocycles. The van der Waals surface area contributed by atoms with Crippen LogP contribution in [0.3, 0.4) is 0 Å². The molecule has 1 aromatic rings. The minimum Gasteiger partial charge on any atom is -0.507 e. The monoisotopic (exact) mass is 496 g/mol. The average molecular weight is 497 g/mol. The summed E-state index contributed by atoms with van der Waals surface area (Å²) < 4.78 is 0. The molecular formula is C28H32O8. The van der Waals surface area contributed by atoms with Gasteiger partial charge in [0.15, 0.2) is 28.7 Å². The van der Waals surface area contributed by atoms with Gasteiger partial charge >= 0.3 is 0 Å². The van der Waals surface area contributed by atoms with E-state index in [1.165, 1.54) is 19.9 Å². The minimum atomic E-state index is -2.93. The van der Waals surface area contributed by atoms with Crippen molar-refractivity contribution in [2.75, 3.05) is 0 Å². The summed E-state index contributed by atoms with van der Waals surface area (Å²) in [6.07, 6.45) is 0. The molecule has 2 fully saturated rings. The van der Waals surface area contributed by atoms with Crippen LogP contribution in [0.5, 0.6) is 5.75 Å². The number of hydrogen-bond donors (Lipinski definition) is 2. The third kappa shape index (κ3) is 2.68. The number of rotatable bonds is 3. The third-order valence-corrected chi connectivity index (χ3v) is 9.56. The van der Waals surface area contributed by atoms with Crippen LogP contribution < -0.4 is 0 Å². The first-order valence-corrected chi connectivity index (χ1v) is 12.2. The van der Waals surface area contributed by atoms with Crippen molar-refractivity contribution in [1.82, 2.24) is 0 Å². The normalized spacial score (nSPS) is 40.0. The number of ketones is 6. The van der Waals surface area contributed by atoms with Crippen molar-refractivity contribution in [3.63, 3.8) is 0 Å². The number of aliphatic hydroxyl groups is 1. The zero-order chi connectivity index (χ0) is 27.3. The Balaban J connectivity index is 2.16. The number of Topliss-reactive ketones (excluding diaryl/α,β-unsaturated/α-hetero) is 6. The molecule has 3 aliphatic carbocycles. The Morgan fingerprint density at radius 3 is 2.06 bits per heavy atom. The molecule has 0 amide bonds. The van der Waals surface area contributed by atoms with E-state index >= 15 is 0 Å². The second-order valence-electron chi connectivity index (χ2n) is 11.6. The molecule has 0 heterocycles. The van der Waals surface area contributed by atoms with Crippen LogP contribution in [0.4, 0.5) is 0 Å². The zero-order valence-electron chi connectivity index (χ0n) is 21.5. The highest BCUT2D eigenvalue weighted by molar-refractivity contribution is 6.33. The van der Waals surface area contributed by atoms with Gasteiger partial charge in [0.1, 0.15) is 23.2 Å². The summed E-state index contributed by atoms with van der Waals surface area (Å²) in [6.45, 7) is 10.4. The zero-order valence-corrected chi connectivity index (χ0v) is 21.5. The van der Waals surface area contributed by atoms with Crippen LogP contribution in [-0.2, 0) is 24.0 Å². The number of fused-ring (bicyclic) bond motifs is 3. The fourth-order valence-corrected chi connectivity index (χ4v) is 8.22. The first-order chi connectivity index (χ1) is 16.5. The maximum absolute atomic E-state index is 14.3. The van der Waals surface area contributed by atoms with Crippen LogP contribution in [-0.4, -0.2) is 50.5 Å². The van der Waals surface area contributed by atoms with Crippen molar-refractivity contribution in [1.29, 1.82) is 0 Å². The average Bonchev–Trinajstić information content (AvgIpc) is 2.74. The van der Waals surface area contributed by atoms with Crippen LogP contribution in [0.2, 0.25) is 0 Å². The van der Waals surface area contributed by atoms with E-state index in [0.29, 0.717) is 5.56 Å². The van der Waals surface area contributed by atoms with Gasteiger partial charge in [0.2, 0.25) is 0 Å². The smallest absolute Gasteiger partial charge is 0.190 e. The van der Waals surface area contributed by atoms with Crippen molar-refractivity contribution in [2.45, 2.75) is 60.0 Å². The molecule has 0 radical (unpaired) electrons. The van der Waals surface area contributed by atoms with Crippen molar-refractivity contribution in [3.8, 4) is 5.75 Å². The summed E-state index contributed by atoms with van der Waals surface area (Å²) in [5.41, 5.74) is -5.89. The lowest BCUT2D eigenvalue weighted by molar-refractivity contribution is -0.222. The van der Waals surface area contributed by atoms with Crippen molar-refractivity contribution >= 4 is 34.7 Å². The van der Waals surface area contributed by atoms with E-state index in [2.05, 4.69) is 0 Å². The van der Waals surface area contributed by atoms with E-state index in [1.807, 2.05) is 0 Å². The molecule has 0 spiro atoms. The molecule has 36 heavy (non-hydrogen) atoms. The molecule has 0 saturated heterocycles. The lowest BCUT2D eigenvalue weighted by Crippen LogP contribution is -2.81. The van der Waals surface area contributed by atoms with Gasteiger partial charge in [0.05, 0.1) is 11.5 Å². The minimum absolute atomic E-state index is 0.0850. The highest BCUT2D eigenvalue weighted by atomic mass is 16.3. The van der Waals surface area contributed by atoms with Crippen LogP contribution in [0.15, 0.2) is 18.2 Å². The van der Waals surface area contributed by atoms with Gasteiger partial charge in [-0.25, -0.2) is 0 Å². The number of phenols is 1. The largest absolute Gasteiger partial charge is 0.507 e. The maximum atomic E-state index is 14.3. The van der Waals surface area contributed by atoms with E-state index in [0.717, 1.165) is 6.92 Å². The SMILES string of the molecule is CC(=O)C1C(=O)C(C(C)C)[C@@]2(C)[C@H](C(C)=O)[C@]3(C)C(C(=O)c4c(O)cccc4[C@H]3C)C(=O)[C@@]2(O)C1=O. The van der Waals surface area contributed by atoms with Gasteiger partial charge in [-0.2, -0.15) is 0 Å². The van der Waals surface area contributed by atoms with Crippen molar-refractivity contribution in [2.24, 2.45) is 40.4 Å². The molecule has 0 aliphatic heterocycles. The molecule has 0 bridgehead atoms. The molecule has 192 valence electrons. The predicted molar refractivity (Wildman–Crippen MR) is 127 cm³/mol. The van der Waals surface area contributed by atoms with Gasteiger partial charge < -0.3 is 10.2 Å². The van der Waals surface area contributed by atoms with Gasteiger partial charge in [0.25, 0.3) is 0 Å². The van der Waals surface area contributed by atoms with E-state index in [1.54, 1.807) is 39.8 Å². The standard InChI is InChI=1S/C28H32O8/c1-11(2)19-21(32)17(13(4)29)24(34)28(36)25(35)20-22(33)18-15(9-8-10-16(18)31)12(3)26(20,6)23(14(5)30)27(19,28)7/h8-12,17,19-20,23,31,36H,1-7H3/t12-,17?,19?,20?,23-,26+,27+,28+/m1/s1. The molecule has 8 atom stereocenters. The van der Waals surface area contributed by atoms with E-state index in [-0.39, 0.29) is 11.3 Å². The van der Waals surface area contributed by atoms with Crippen LogP contribution in [0.25, 0.3) is 0 Å². The first kappa shape index (κ1) is 26.1. The van der Waals surface area contributed by atoms with Crippen molar-refractivity contribution in [3.05, 3.63) is 29.3 Å². The fourth-order valence-electron chi connectivity index (χ4n) is 8.22. The Morgan fingerprint density at radius 2 is 1.56 bits per heavy atom. The second-order valence-corrected chi connectivity index (χ2v) is 11.6. The maximum Gasteiger partial charge on any atom is 0.190 e. The summed E-state index contributed by atoms with van der Waals surface area (Å²) in [4.78, 5) is 81.6. The van der Waals surface area contributed by atoms with Crippen LogP contribution >= 0.6 is 0 Å². The quantitative estimate of drug-likeness (QED) is 0.608. The van der Waals surface area contributed by atoms with E-state index in [9.17, 15) is 39.0 Å². The second kappa shape index (κ2) is 7.75. The highest BCUT2D eigenvalue weighted by Gasteiger charge is 2.81. The lowest BCUT2D eigenvalue weighted by Gasteiger charge is -2.66. The van der Waals surface area contributed by atoms with E-state index in [4.69, 9.17) is 0 Å². The van der Waals surface area contributed by atoms with Gasteiger partial charge in [-0.05, 0) is 37.3 Å². The Labute approximate surface area is 209 Å². The summed E-state index contributed by atoms with van der Waals surface area (Å²) in [6, 6.07) is 4.52. The number of hydrogen-bond acceptors (Lipinski definition) is 8. The van der Waals surface area contributed by atoms with Crippen LogP contribution in [0.1, 0.15) is 70.3 Å². The molecule has 2 N–H and O–H groups in total. The topological polar surface area (TPSA) is 143 Å². The lowest BCUT2D eigenvalue weighted by atomic mass is 9.34. The summed E-state index contributed by atoms with van der Waals surface area (Å²) in [5.74, 6) is -12.7. The number of benzene rings is 1. The number of carbonyl (C=O) groups is 6. The Hall–Kier alpha value is -3.00. The Morgan fingerprint density at radius 1 is 0.972 bits per heavy atom. The third-order valence-electron chi connectivity index (χ3n) is 9.56. The predicted octanol–water partition coefficient (Wildman–Crippen LogP) is 2.47. The van der Waals surface area contributed by atoms with Gasteiger partial charge in [-0.15, -0.1) is 0 Å². The summed E-state index contributed by atoms with van der Waals surface area (Å²) in [5, 5.41) is 22.7. The number of phenolic OH excluding ortho intramolecular Hbond substituents is 1. The first-order valence-electron chi connectivity index (χ1n) is 12.2. The van der Waals surface area contributed by atoms with E-state index < -0.39 is 86.6 Å². The molecule has 3 unspecified atom stereocenters. The fraction of sp³-hybridized carbons (Fsp3) is 0.571. The Bertz CT molecular complexity index is 1260.